The lowest BCUT2D eigenvalue weighted by Gasteiger charge is -2.29. The molecule has 0 aromatic carbocycles. The Labute approximate surface area is 144 Å². The highest BCUT2D eigenvalue weighted by atomic mass is 16.5. The molecule has 0 aromatic heterocycles. The van der Waals surface area contributed by atoms with Crippen molar-refractivity contribution in [3.63, 3.8) is 0 Å². The SMILES string of the molecule is CCCCCCCCCCCCOC(CC)N(CCO)CCO. The van der Waals surface area contributed by atoms with Crippen molar-refractivity contribution >= 4 is 0 Å². The summed E-state index contributed by atoms with van der Waals surface area (Å²) in [6.07, 6.45) is 14.2. The molecular formula is C19H41NO3. The zero-order valence-electron chi connectivity index (χ0n) is 15.6. The lowest BCUT2D eigenvalue weighted by Crippen LogP contribution is -2.40. The van der Waals surface area contributed by atoms with Crippen LogP contribution < -0.4 is 0 Å². The van der Waals surface area contributed by atoms with E-state index in [0.717, 1.165) is 19.4 Å². The molecule has 0 radical (unpaired) electrons. The molecule has 1 atom stereocenters. The van der Waals surface area contributed by atoms with E-state index in [1.54, 1.807) is 0 Å². The molecule has 4 nitrogen and oxygen atoms in total. The Bertz CT molecular complexity index is 221. The molecule has 0 aromatic rings. The highest BCUT2D eigenvalue weighted by molar-refractivity contribution is 4.62. The van der Waals surface area contributed by atoms with Crippen molar-refractivity contribution < 1.29 is 14.9 Å². The second kappa shape index (κ2) is 18.2. The predicted octanol–water partition coefficient (Wildman–Crippen LogP) is 3.95. The van der Waals surface area contributed by atoms with Gasteiger partial charge in [-0.15, -0.1) is 0 Å². The van der Waals surface area contributed by atoms with Crippen molar-refractivity contribution in [1.82, 2.24) is 4.90 Å². The summed E-state index contributed by atoms with van der Waals surface area (Å²) in [4.78, 5) is 2.02. The highest BCUT2D eigenvalue weighted by Gasteiger charge is 2.15. The van der Waals surface area contributed by atoms with Crippen LogP contribution in [0, 0.1) is 0 Å². The van der Waals surface area contributed by atoms with Crippen LogP contribution in [0.2, 0.25) is 0 Å². The van der Waals surface area contributed by atoms with Crippen LogP contribution in [0.5, 0.6) is 0 Å². The van der Waals surface area contributed by atoms with Crippen molar-refractivity contribution in [1.29, 1.82) is 0 Å². The van der Waals surface area contributed by atoms with Crippen LogP contribution in [0.1, 0.15) is 84.5 Å². The number of aliphatic hydroxyl groups is 2. The van der Waals surface area contributed by atoms with E-state index >= 15 is 0 Å². The zero-order valence-corrected chi connectivity index (χ0v) is 15.6. The minimum atomic E-state index is 0.0212. The van der Waals surface area contributed by atoms with Gasteiger partial charge in [-0.2, -0.15) is 0 Å². The third kappa shape index (κ3) is 13.9. The summed E-state index contributed by atoms with van der Waals surface area (Å²) in [5, 5.41) is 18.2. The van der Waals surface area contributed by atoms with Gasteiger partial charge in [-0.3, -0.25) is 4.90 Å². The summed E-state index contributed by atoms with van der Waals surface area (Å²) in [7, 11) is 0. The maximum atomic E-state index is 9.09. The summed E-state index contributed by atoms with van der Waals surface area (Å²) < 4.78 is 5.93. The average molecular weight is 332 g/mol. The fourth-order valence-corrected chi connectivity index (χ4v) is 2.95. The van der Waals surface area contributed by atoms with Gasteiger partial charge in [-0.05, 0) is 12.8 Å². The van der Waals surface area contributed by atoms with Crippen LogP contribution in [-0.4, -0.2) is 54.3 Å². The molecule has 0 aliphatic heterocycles. The van der Waals surface area contributed by atoms with E-state index in [4.69, 9.17) is 14.9 Å². The molecule has 140 valence electrons. The van der Waals surface area contributed by atoms with Gasteiger partial charge in [0, 0.05) is 19.7 Å². The average Bonchev–Trinajstić information content (AvgIpc) is 2.56. The third-order valence-corrected chi connectivity index (χ3v) is 4.34. The molecule has 0 saturated heterocycles. The quantitative estimate of drug-likeness (QED) is 0.295. The molecule has 0 rings (SSSR count). The van der Waals surface area contributed by atoms with Gasteiger partial charge in [-0.25, -0.2) is 0 Å². The number of aliphatic hydroxyl groups excluding tert-OH is 2. The predicted molar refractivity (Wildman–Crippen MR) is 97.6 cm³/mol. The topological polar surface area (TPSA) is 52.9 Å². The molecule has 1 unspecified atom stereocenters. The molecule has 0 aliphatic rings. The van der Waals surface area contributed by atoms with Crippen LogP contribution in [0.3, 0.4) is 0 Å². The lowest BCUT2D eigenvalue weighted by atomic mass is 10.1. The lowest BCUT2D eigenvalue weighted by molar-refractivity contribution is -0.0718. The zero-order chi connectivity index (χ0) is 17.2. The molecule has 0 fully saturated rings. The molecule has 0 saturated carbocycles. The smallest absolute Gasteiger partial charge is 0.110 e. The summed E-state index contributed by atoms with van der Waals surface area (Å²) in [6.45, 7) is 6.48. The molecule has 0 aliphatic carbocycles. The summed E-state index contributed by atoms with van der Waals surface area (Å²) in [5.74, 6) is 0. The van der Waals surface area contributed by atoms with E-state index in [2.05, 4.69) is 13.8 Å². The van der Waals surface area contributed by atoms with E-state index in [0.29, 0.717) is 13.1 Å². The Morgan fingerprint density at radius 1 is 0.739 bits per heavy atom. The summed E-state index contributed by atoms with van der Waals surface area (Å²) in [6, 6.07) is 0. The van der Waals surface area contributed by atoms with Crippen molar-refractivity contribution in [3.8, 4) is 0 Å². The van der Waals surface area contributed by atoms with E-state index in [1.165, 1.54) is 57.8 Å². The monoisotopic (exact) mass is 331 g/mol. The summed E-state index contributed by atoms with van der Waals surface area (Å²) >= 11 is 0. The van der Waals surface area contributed by atoms with Crippen molar-refractivity contribution in [2.45, 2.75) is 90.7 Å². The van der Waals surface area contributed by atoms with E-state index < -0.39 is 0 Å². The minimum absolute atomic E-state index is 0.0212. The molecule has 0 spiro atoms. The minimum Gasteiger partial charge on any atom is -0.395 e. The van der Waals surface area contributed by atoms with E-state index in [-0.39, 0.29) is 19.4 Å². The van der Waals surface area contributed by atoms with E-state index in [1.807, 2.05) is 4.90 Å². The molecule has 2 N–H and O–H groups in total. The maximum Gasteiger partial charge on any atom is 0.110 e. The fraction of sp³-hybridized carbons (Fsp3) is 1.00. The Hall–Kier alpha value is -0.160. The number of unbranched alkanes of at least 4 members (excludes halogenated alkanes) is 9. The third-order valence-electron chi connectivity index (χ3n) is 4.34. The van der Waals surface area contributed by atoms with Gasteiger partial charge in [0.2, 0.25) is 0 Å². The first-order valence-electron chi connectivity index (χ1n) is 9.87. The first-order chi connectivity index (χ1) is 11.3. The normalized spacial score (nSPS) is 12.9. The van der Waals surface area contributed by atoms with Gasteiger partial charge in [-0.1, -0.05) is 71.6 Å². The Balaban J connectivity index is 3.53. The van der Waals surface area contributed by atoms with Crippen LogP contribution in [0.4, 0.5) is 0 Å². The first kappa shape index (κ1) is 22.8. The van der Waals surface area contributed by atoms with Crippen molar-refractivity contribution in [2.75, 3.05) is 32.9 Å². The first-order valence-corrected chi connectivity index (χ1v) is 9.87. The molecule has 0 bridgehead atoms. The van der Waals surface area contributed by atoms with Gasteiger partial charge < -0.3 is 14.9 Å². The second-order valence-electron chi connectivity index (χ2n) is 6.40. The van der Waals surface area contributed by atoms with Gasteiger partial charge in [0.1, 0.15) is 6.23 Å². The van der Waals surface area contributed by atoms with Crippen molar-refractivity contribution in [3.05, 3.63) is 0 Å². The number of hydrogen-bond acceptors (Lipinski definition) is 4. The van der Waals surface area contributed by atoms with Crippen molar-refractivity contribution in [2.24, 2.45) is 0 Å². The molecule has 23 heavy (non-hydrogen) atoms. The molecule has 0 amide bonds. The number of hydrogen-bond donors (Lipinski definition) is 2. The molecule has 0 heterocycles. The fourth-order valence-electron chi connectivity index (χ4n) is 2.95. The standard InChI is InChI=1S/C19H41NO3/c1-3-5-6-7-8-9-10-11-12-13-18-23-19(4-2)20(14-16-21)15-17-22/h19,21-22H,3-18H2,1-2H3. The van der Waals surface area contributed by atoms with Gasteiger partial charge in [0.15, 0.2) is 0 Å². The second-order valence-corrected chi connectivity index (χ2v) is 6.40. The van der Waals surface area contributed by atoms with Crippen LogP contribution in [0.15, 0.2) is 0 Å². The van der Waals surface area contributed by atoms with Crippen LogP contribution in [0.25, 0.3) is 0 Å². The number of nitrogens with zero attached hydrogens (tertiary/aromatic N) is 1. The highest BCUT2D eigenvalue weighted by Crippen LogP contribution is 2.11. The maximum absolute atomic E-state index is 9.09. The summed E-state index contributed by atoms with van der Waals surface area (Å²) in [5.41, 5.74) is 0. The Morgan fingerprint density at radius 3 is 1.65 bits per heavy atom. The Kier molecular flexibility index (Phi) is 18.1. The number of ether oxygens (including phenoxy) is 1. The molecule has 4 heteroatoms. The van der Waals surface area contributed by atoms with Crippen LogP contribution in [-0.2, 0) is 4.74 Å². The largest absolute Gasteiger partial charge is 0.395 e. The van der Waals surface area contributed by atoms with Gasteiger partial charge in [0.05, 0.1) is 13.2 Å². The van der Waals surface area contributed by atoms with Gasteiger partial charge >= 0.3 is 0 Å². The number of rotatable bonds is 18. The van der Waals surface area contributed by atoms with E-state index in [9.17, 15) is 0 Å². The van der Waals surface area contributed by atoms with Gasteiger partial charge in [0.25, 0.3) is 0 Å². The Morgan fingerprint density at radius 2 is 1.22 bits per heavy atom. The van der Waals surface area contributed by atoms with Crippen LogP contribution >= 0.6 is 0 Å². The molecular weight excluding hydrogens is 290 g/mol.